The zero-order chi connectivity index (χ0) is 10.7. The highest BCUT2D eigenvalue weighted by atomic mass is 79.9. The van der Waals surface area contributed by atoms with Crippen LogP contribution in [-0.4, -0.2) is 5.91 Å². The van der Waals surface area contributed by atoms with E-state index in [2.05, 4.69) is 21.2 Å². The van der Waals surface area contributed by atoms with Crippen LogP contribution < -0.4 is 5.32 Å². The Labute approximate surface area is 90.6 Å². The van der Waals surface area contributed by atoms with Crippen molar-refractivity contribution in [3.8, 4) is 0 Å². The van der Waals surface area contributed by atoms with Gasteiger partial charge in [0, 0.05) is 6.92 Å². The van der Waals surface area contributed by atoms with E-state index in [4.69, 9.17) is 0 Å². The van der Waals surface area contributed by atoms with Crippen molar-refractivity contribution in [2.45, 2.75) is 19.9 Å². The first-order valence-corrected chi connectivity index (χ1v) is 5.02. The first-order valence-electron chi connectivity index (χ1n) is 4.22. The lowest BCUT2D eigenvalue weighted by molar-refractivity contribution is -0.119. The summed E-state index contributed by atoms with van der Waals surface area (Å²) in [5.41, 5.74) is 0.751. The summed E-state index contributed by atoms with van der Waals surface area (Å²) in [7, 11) is 0. The molecule has 1 amide bonds. The van der Waals surface area contributed by atoms with E-state index in [1.54, 1.807) is 12.1 Å². The van der Waals surface area contributed by atoms with Gasteiger partial charge in [-0.2, -0.15) is 0 Å². The van der Waals surface area contributed by atoms with Gasteiger partial charge in [-0.3, -0.25) is 4.79 Å². The van der Waals surface area contributed by atoms with E-state index >= 15 is 0 Å². The summed E-state index contributed by atoms with van der Waals surface area (Å²) in [4.78, 5) is 10.8. The largest absolute Gasteiger partial charge is 0.350 e. The van der Waals surface area contributed by atoms with Gasteiger partial charge in [-0.25, -0.2) is 4.39 Å². The second-order valence-electron chi connectivity index (χ2n) is 3.10. The highest BCUT2D eigenvalue weighted by molar-refractivity contribution is 9.10. The summed E-state index contributed by atoms with van der Waals surface area (Å²) >= 11 is 3.07. The van der Waals surface area contributed by atoms with Crippen LogP contribution in [0.5, 0.6) is 0 Å². The maximum absolute atomic E-state index is 13.1. The topological polar surface area (TPSA) is 29.1 Å². The molecule has 0 fully saturated rings. The van der Waals surface area contributed by atoms with Gasteiger partial charge in [0.2, 0.25) is 5.91 Å². The first kappa shape index (κ1) is 11.2. The Morgan fingerprint density at radius 1 is 1.57 bits per heavy atom. The van der Waals surface area contributed by atoms with E-state index in [1.807, 2.05) is 6.92 Å². The van der Waals surface area contributed by atoms with Crippen LogP contribution in [0.15, 0.2) is 22.7 Å². The fourth-order valence-electron chi connectivity index (χ4n) is 1.17. The van der Waals surface area contributed by atoms with Gasteiger partial charge in [-0.05, 0) is 40.5 Å². The average Bonchev–Trinajstić information content (AvgIpc) is 2.08. The van der Waals surface area contributed by atoms with Gasteiger partial charge in [-0.15, -0.1) is 0 Å². The van der Waals surface area contributed by atoms with E-state index in [0.29, 0.717) is 4.47 Å². The molecule has 0 heterocycles. The summed E-state index contributed by atoms with van der Waals surface area (Å²) in [6, 6.07) is 4.64. The molecule has 1 aromatic rings. The van der Waals surface area contributed by atoms with Crippen LogP contribution in [0.2, 0.25) is 0 Å². The predicted molar refractivity (Wildman–Crippen MR) is 56.3 cm³/mol. The maximum atomic E-state index is 13.1. The third kappa shape index (κ3) is 2.80. The van der Waals surface area contributed by atoms with Crippen molar-refractivity contribution in [3.63, 3.8) is 0 Å². The van der Waals surface area contributed by atoms with Crippen LogP contribution in [0.25, 0.3) is 0 Å². The molecular weight excluding hydrogens is 249 g/mol. The van der Waals surface area contributed by atoms with Gasteiger partial charge < -0.3 is 5.32 Å². The molecule has 0 saturated carbocycles. The van der Waals surface area contributed by atoms with Gasteiger partial charge in [-0.1, -0.05) is 6.07 Å². The maximum Gasteiger partial charge on any atom is 0.217 e. The van der Waals surface area contributed by atoms with E-state index in [9.17, 15) is 9.18 Å². The lowest BCUT2D eigenvalue weighted by Gasteiger charge is -2.12. The van der Waals surface area contributed by atoms with Crippen molar-refractivity contribution in [1.29, 1.82) is 0 Å². The lowest BCUT2D eigenvalue weighted by atomic mass is 10.1. The van der Waals surface area contributed by atoms with Crippen LogP contribution in [-0.2, 0) is 4.79 Å². The zero-order valence-corrected chi connectivity index (χ0v) is 9.56. The minimum absolute atomic E-state index is 0.124. The number of benzene rings is 1. The molecule has 14 heavy (non-hydrogen) atoms. The quantitative estimate of drug-likeness (QED) is 0.870. The molecule has 76 valence electrons. The Hall–Kier alpha value is -0.900. The number of rotatable bonds is 2. The fraction of sp³-hybridized carbons (Fsp3) is 0.300. The van der Waals surface area contributed by atoms with Crippen LogP contribution in [0.4, 0.5) is 4.39 Å². The van der Waals surface area contributed by atoms with Crippen LogP contribution in [0.3, 0.4) is 0 Å². The third-order valence-corrected chi connectivity index (χ3v) is 2.51. The molecule has 1 rings (SSSR count). The molecule has 0 aliphatic rings. The molecule has 0 aromatic heterocycles. The number of nitrogens with one attached hydrogen (secondary N) is 1. The molecule has 0 bridgehead atoms. The predicted octanol–water partition coefficient (Wildman–Crippen LogP) is 2.79. The Bertz CT molecular complexity index is 354. The molecule has 2 nitrogen and oxygen atoms in total. The molecule has 0 radical (unpaired) electrons. The van der Waals surface area contributed by atoms with Crippen LogP contribution in [0, 0.1) is 5.82 Å². The summed E-state index contributed by atoms with van der Waals surface area (Å²) in [5.74, 6) is -0.444. The minimum Gasteiger partial charge on any atom is -0.350 e. The van der Waals surface area contributed by atoms with Gasteiger partial charge in [0.15, 0.2) is 0 Å². The minimum atomic E-state index is -0.320. The summed E-state index contributed by atoms with van der Waals surface area (Å²) in [6.07, 6.45) is 0. The Morgan fingerprint density at radius 2 is 2.21 bits per heavy atom. The van der Waals surface area contributed by atoms with Gasteiger partial charge >= 0.3 is 0 Å². The Balaban J connectivity index is 2.85. The molecule has 0 aliphatic heterocycles. The van der Waals surface area contributed by atoms with Crippen molar-refractivity contribution < 1.29 is 9.18 Å². The number of carbonyl (C=O) groups excluding carboxylic acids is 1. The van der Waals surface area contributed by atoms with Crippen molar-refractivity contribution in [2.24, 2.45) is 0 Å². The molecule has 1 atom stereocenters. The number of carbonyl (C=O) groups is 1. The van der Waals surface area contributed by atoms with Gasteiger partial charge in [0.25, 0.3) is 0 Å². The number of hydrogen-bond acceptors (Lipinski definition) is 1. The number of amides is 1. The van der Waals surface area contributed by atoms with Gasteiger partial charge in [0.05, 0.1) is 10.5 Å². The smallest absolute Gasteiger partial charge is 0.217 e. The molecule has 0 spiro atoms. The number of halogens is 2. The van der Waals surface area contributed by atoms with E-state index in [0.717, 1.165) is 5.56 Å². The van der Waals surface area contributed by atoms with Crippen molar-refractivity contribution in [2.75, 3.05) is 0 Å². The molecule has 4 heteroatoms. The van der Waals surface area contributed by atoms with Crippen molar-refractivity contribution >= 4 is 21.8 Å². The highest BCUT2D eigenvalue weighted by Gasteiger charge is 2.08. The Kier molecular flexibility index (Phi) is 3.63. The van der Waals surface area contributed by atoms with Crippen molar-refractivity contribution in [3.05, 3.63) is 34.1 Å². The van der Waals surface area contributed by atoms with E-state index < -0.39 is 0 Å². The molecule has 1 unspecified atom stereocenters. The standard InChI is InChI=1S/C10H11BrFNO/c1-6(13-7(2)14)8-3-4-9(11)10(12)5-8/h3-6H,1-2H3,(H,13,14). The second-order valence-corrected chi connectivity index (χ2v) is 3.95. The first-order chi connectivity index (χ1) is 6.50. The molecular formula is C10H11BrFNO. The summed E-state index contributed by atoms with van der Waals surface area (Å²) < 4.78 is 13.5. The fourth-order valence-corrected chi connectivity index (χ4v) is 1.42. The second kappa shape index (κ2) is 4.55. The van der Waals surface area contributed by atoms with Crippen molar-refractivity contribution in [1.82, 2.24) is 5.32 Å². The SMILES string of the molecule is CC(=O)NC(C)c1ccc(Br)c(F)c1. The number of hydrogen-bond donors (Lipinski definition) is 1. The van der Waals surface area contributed by atoms with Crippen LogP contribution in [0.1, 0.15) is 25.5 Å². The van der Waals surface area contributed by atoms with E-state index in [-0.39, 0.29) is 17.8 Å². The monoisotopic (exact) mass is 259 g/mol. The normalized spacial score (nSPS) is 12.3. The molecule has 0 aliphatic carbocycles. The summed E-state index contributed by atoms with van der Waals surface area (Å²) in [5, 5.41) is 2.68. The highest BCUT2D eigenvalue weighted by Crippen LogP contribution is 2.20. The van der Waals surface area contributed by atoms with Gasteiger partial charge in [0.1, 0.15) is 5.82 Å². The Morgan fingerprint density at radius 3 is 2.71 bits per heavy atom. The zero-order valence-electron chi connectivity index (χ0n) is 7.97. The third-order valence-electron chi connectivity index (χ3n) is 1.86. The lowest BCUT2D eigenvalue weighted by Crippen LogP contribution is -2.23. The molecule has 0 saturated heterocycles. The molecule has 1 N–H and O–H groups in total. The van der Waals surface area contributed by atoms with E-state index in [1.165, 1.54) is 13.0 Å². The molecule has 1 aromatic carbocycles. The average molecular weight is 260 g/mol. The van der Waals surface area contributed by atoms with Crippen LogP contribution >= 0.6 is 15.9 Å². The summed E-state index contributed by atoms with van der Waals surface area (Å²) in [6.45, 7) is 3.25.